The van der Waals surface area contributed by atoms with Crippen LogP contribution in [0.3, 0.4) is 0 Å². The Kier molecular flexibility index (Phi) is 3.17. The van der Waals surface area contributed by atoms with Crippen molar-refractivity contribution < 1.29 is 0 Å². The number of anilines is 2. The van der Waals surface area contributed by atoms with E-state index in [0.29, 0.717) is 17.5 Å². The van der Waals surface area contributed by atoms with Crippen molar-refractivity contribution in [1.82, 2.24) is 10.2 Å². The molecule has 0 bridgehead atoms. The SMILES string of the molecule is CC(C)(C)N1CN(c2ccccc2Cl)C(=N)c2cn[nH]c21. The van der Waals surface area contributed by atoms with Crippen LogP contribution in [0.2, 0.25) is 5.02 Å². The van der Waals surface area contributed by atoms with Gasteiger partial charge in [-0.1, -0.05) is 23.7 Å². The lowest BCUT2D eigenvalue weighted by Gasteiger charge is -2.44. The van der Waals surface area contributed by atoms with E-state index in [1.54, 1.807) is 6.20 Å². The molecule has 0 aliphatic carbocycles. The summed E-state index contributed by atoms with van der Waals surface area (Å²) in [5.74, 6) is 1.29. The Labute approximate surface area is 129 Å². The number of H-pyrrole nitrogens is 1. The van der Waals surface area contributed by atoms with E-state index in [0.717, 1.165) is 17.1 Å². The number of rotatable bonds is 1. The maximum absolute atomic E-state index is 8.45. The number of hydrogen-bond donors (Lipinski definition) is 2. The summed E-state index contributed by atoms with van der Waals surface area (Å²) in [7, 11) is 0. The Bertz CT molecular complexity index is 685. The summed E-state index contributed by atoms with van der Waals surface area (Å²) < 4.78 is 0. The lowest BCUT2D eigenvalue weighted by atomic mass is 10.0. The first-order chi connectivity index (χ1) is 9.89. The molecule has 5 nitrogen and oxygen atoms in total. The van der Waals surface area contributed by atoms with Crippen LogP contribution in [-0.4, -0.2) is 28.2 Å². The minimum atomic E-state index is -0.0957. The summed E-state index contributed by atoms with van der Waals surface area (Å²) >= 11 is 6.31. The molecule has 110 valence electrons. The van der Waals surface area contributed by atoms with Gasteiger partial charge in [0.1, 0.15) is 11.7 Å². The van der Waals surface area contributed by atoms with Crippen molar-refractivity contribution in [3.05, 3.63) is 41.0 Å². The number of amidine groups is 1. The standard InChI is InChI=1S/C15H18ClN5/c1-15(2,3)21-9-20(12-7-5-4-6-11(12)16)13(17)10-8-18-19-14(10)21/h4-8,17H,9H2,1-3H3,(H,18,19). The predicted octanol–water partition coefficient (Wildman–Crippen LogP) is 3.47. The zero-order valence-corrected chi connectivity index (χ0v) is 13.1. The third kappa shape index (κ3) is 2.27. The minimum Gasteiger partial charge on any atom is -0.333 e. The van der Waals surface area contributed by atoms with Gasteiger partial charge < -0.3 is 9.80 Å². The molecule has 0 spiro atoms. The molecule has 0 saturated heterocycles. The minimum absolute atomic E-state index is 0.0957. The van der Waals surface area contributed by atoms with E-state index in [4.69, 9.17) is 17.0 Å². The van der Waals surface area contributed by atoms with Gasteiger partial charge in [0.2, 0.25) is 0 Å². The molecule has 0 fully saturated rings. The van der Waals surface area contributed by atoms with Crippen LogP contribution in [0.15, 0.2) is 30.5 Å². The second-order valence-electron chi connectivity index (χ2n) is 6.10. The summed E-state index contributed by atoms with van der Waals surface area (Å²) in [6.07, 6.45) is 1.69. The third-order valence-electron chi connectivity index (χ3n) is 3.65. The summed E-state index contributed by atoms with van der Waals surface area (Å²) in [5, 5.41) is 16.2. The molecule has 1 aromatic heterocycles. The first-order valence-corrected chi connectivity index (χ1v) is 7.19. The largest absolute Gasteiger partial charge is 0.333 e. The van der Waals surface area contributed by atoms with Crippen LogP contribution in [0.25, 0.3) is 0 Å². The second kappa shape index (κ2) is 4.77. The van der Waals surface area contributed by atoms with E-state index in [1.807, 2.05) is 29.2 Å². The molecule has 2 heterocycles. The average molecular weight is 304 g/mol. The Morgan fingerprint density at radius 1 is 1.29 bits per heavy atom. The number of para-hydroxylation sites is 1. The van der Waals surface area contributed by atoms with Crippen molar-refractivity contribution in [1.29, 1.82) is 5.41 Å². The first-order valence-electron chi connectivity index (χ1n) is 6.81. The molecule has 6 heteroatoms. The quantitative estimate of drug-likeness (QED) is 0.848. The van der Waals surface area contributed by atoms with Crippen LogP contribution in [-0.2, 0) is 0 Å². The van der Waals surface area contributed by atoms with Crippen molar-refractivity contribution >= 4 is 28.9 Å². The molecule has 3 rings (SSSR count). The molecule has 0 atom stereocenters. The van der Waals surface area contributed by atoms with Gasteiger partial charge in [0.25, 0.3) is 0 Å². The zero-order chi connectivity index (χ0) is 15.2. The number of aromatic amines is 1. The number of aromatic nitrogens is 2. The maximum atomic E-state index is 8.45. The molecule has 0 unspecified atom stereocenters. The van der Waals surface area contributed by atoms with Crippen LogP contribution < -0.4 is 9.80 Å². The third-order valence-corrected chi connectivity index (χ3v) is 3.97. The fraction of sp³-hybridized carbons (Fsp3) is 0.333. The highest BCUT2D eigenvalue weighted by Crippen LogP contribution is 2.35. The Balaban J connectivity index is 2.10. The number of nitrogens with zero attached hydrogens (tertiary/aromatic N) is 3. The normalized spacial score (nSPS) is 15.3. The van der Waals surface area contributed by atoms with Gasteiger partial charge in [-0.2, -0.15) is 5.10 Å². The van der Waals surface area contributed by atoms with Gasteiger partial charge in [0, 0.05) is 5.54 Å². The van der Waals surface area contributed by atoms with Crippen molar-refractivity contribution in [3.8, 4) is 0 Å². The van der Waals surface area contributed by atoms with Gasteiger partial charge in [0.05, 0.1) is 29.1 Å². The molecule has 0 radical (unpaired) electrons. The lowest BCUT2D eigenvalue weighted by Crippen LogP contribution is -2.54. The highest BCUT2D eigenvalue weighted by molar-refractivity contribution is 6.34. The maximum Gasteiger partial charge on any atom is 0.139 e. The average Bonchev–Trinajstić information content (AvgIpc) is 2.88. The van der Waals surface area contributed by atoms with Crippen molar-refractivity contribution in [2.45, 2.75) is 26.3 Å². The summed E-state index contributed by atoms with van der Waals surface area (Å²) in [6, 6.07) is 7.60. The van der Waals surface area contributed by atoms with Crippen molar-refractivity contribution in [2.24, 2.45) is 0 Å². The molecule has 0 saturated carbocycles. The molecule has 1 aromatic carbocycles. The molecule has 2 aromatic rings. The van der Waals surface area contributed by atoms with Crippen LogP contribution in [0, 0.1) is 5.41 Å². The molecule has 2 N–H and O–H groups in total. The Morgan fingerprint density at radius 2 is 2.00 bits per heavy atom. The van der Waals surface area contributed by atoms with E-state index in [1.165, 1.54) is 0 Å². The van der Waals surface area contributed by atoms with Crippen LogP contribution in [0.1, 0.15) is 26.3 Å². The fourth-order valence-electron chi connectivity index (χ4n) is 2.50. The highest BCUT2D eigenvalue weighted by atomic mass is 35.5. The van der Waals surface area contributed by atoms with Gasteiger partial charge >= 0.3 is 0 Å². The van der Waals surface area contributed by atoms with Crippen LogP contribution in [0.5, 0.6) is 0 Å². The monoisotopic (exact) mass is 303 g/mol. The van der Waals surface area contributed by atoms with E-state index in [9.17, 15) is 0 Å². The van der Waals surface area contributed by atoms with E-state index < -0.39 is 0 Å². The molecule has 0 amide bonds. The topological polar surface area (TPSA) is 59.0 Å². The van der Waals surface area contributed by atoms with Crippen LogP contribution in [0.4, 0.5) is 11.5 Å². The molecular formula is C15H18ClN5. The Hall–Kier alpha value is -2.01. The van der Waals surface area contributed by atoms with Gasteiger partial charge in [0.15, 0.2) is 0 Å². The number of hydrogen-bond acceptors (Lipinski definition) is 3. The van der Waals surface area contributed by atoms with Gasteiger partial charge in [-0.25, -0.2) is 0 Å². The predicted molar refractivity (Wildman–Crippen MR) is 86.4 cm³/mol. The van der Waals surface area contributed by atoms with Crippen molar-refractivity contribution in [2.75, 3.05) is 16.5 Å². The fourth-order valence-corrected chi connectivity index (χ4v) is 2.74. The number of halogens is 1. The molecular weight excluding hydrogens is 286 g/mol. The highest BCUT2D eigenvalue weighted by Gasteiger charge is 2.35. The number of nitrogens with one attached hydrogen (secondary N) is 2. The summed E-state index contributed by atoms with van der Waals surface area (Å²) in [6.45, 7) is 6.97. The van der Waals surface area contributed by atoms with Crippen LogP contribution >= 0.6 is 11.6 Å². The number of fused-ring (bicyclic) bond motifs is 1. The lowest BCUT2D eigenvalue weighted by molar-refractivity contribution is 0.498. The molecule has 1 aliphatic heterocycles. The van der Waals surface area contributed by atoms with E-state index >= 15 is 0 Å². The summed E-state index contributed by atoms with van der Waals surface area (Å²) in [5.41, 5.74) is 1.53. The van der Waals surface area contributed by atoms with E-state index in [2.05, 4.69) is 35.9 Å². The first kappa shape index (κ1) is 13.9. The summed E-state index contributed by atoms with van der Waals surface area (Å²) in [4.78, 5) is 4.10. The number of benzene rings is 1. The van der Waals surface area contributed by atoms with Gasteiger partial charge in [-0.15, -0.1) is 0 Å². The van der Waals surface area contributed by atoms with Crippen molar-refractivity contribution in [3.63, 3.8) is 0 Å². The molecule has 21 heavy (non-hydrogen) atoms. The zero-order valence-electron chi connectivity index (χ0n) is 12.3. The second-order valence-corrected chi connectivity index (χ2v) is 6.51. The van der Waals surface area contributed by atoms with E-state index in [-0.39, 0.29) is 5.54 Å². The van der Waals surface area contributed by atoms with Gasteiger partial charge in [-0.05, 0) is 32.9 Å². The smallest absolute Gasteiger partial charge is 0.139 e. The van der Waals surface area contributed by atoms with Gasteiger partial charge in [-0.3, -0.25) is 10.5 Å². The molecule has 1 aliphatic rings. The Morgan fingerprint density at radius 3 is 2.67 bits per heavy atom.